The summed E-state index contributed by atoms with van der Waals surface area (Å²) in [6.07, 6.45) is 1.84. The van der Waals surface area contributed by atoms with Gasteiger partial charge in [-0.2, -0.15) is 0 Å². The van der Waals surface area contributed by atoms with E-state index in [1.807, 2.05) is 45.9 Å². The molecule has 0 heterocycles. The van der Waals surface area contributed by atoms with Crippen LogP contribution in [-0.2, 0) is 0 Å². The fourth-order valence-electron chi connectivity index (χ4n) is 1.24. The van der Waals surface area contributed by atoms with E-state index in [0.717, 1.165) is 16.9 Å². The largest absolute Gasteiger partial charge is 0.488 e. The lowest BCUT2D eigenvalue weighted by Gasteiger charge is -2.22. The molecular formula is C13H18O. The van der Waals surface area contributed by atoms with Crippen LogP contribution in [-0.4, -0.2) is 5.60 Å². The number of ether oxygens (including phenoxy) is 1. The zero-order valence-electron chi connectivity index (χ0n) is 9.42. The van der Waals surface area contributed by atoms with Gasteiger partial charge in [-0.25, -0.2) is 0 Å². The molecule has 14 heavy (non-hydrogen) atoms. The highest BCUT2D eigenvalue weighted by atomic mass is 16.5. The first-order valence-corrected chi connectivity index (χ1v) is 4.84. The highest BCUT2D eigenvalue weighted by molar-refractivity contribution is 5.51. The summed E-state index contributed by atoms with van der Waals surface area (Å²) in [4.78, 5) is 0. The van der Waals surface area contributed by atoms with Crippen LogP contribution in [0.4, 0.5) is 0 Å². The first-order valence-electron chi connectivity index (χ1n) is 4.84. The first-order chi connectivity index (χ1) is 6.42. The molecule has 0 saturated carbocycles. The molecule has 1 aromatic carbocycles. The minimum absolute atomic E-state index is 0.138. The van der Waals surface area contributed by atoms with E-state index in [1.54, 1.807) is 0 Å². The van der Waals surface area contributed by atoms with Crippen molar-refractivity contribution in [3.8, 4) is 5.75 Å². The molecule has 0 saturated heterocycles. The second kappa shape index (κ2) is 3.87. The Hall–Kier alpha value is -1.24. The molecule has 0 bridgehead atoms. The van der Waals surface area contributed by atoms with Crippen molar-refractivity contribution in [1.82, 2.24) is 0 Å². The van der Waals surface area contributed by atoms with Gasteiger partial charge in [0, 0.05) is 0 Å². The smallest absolute Gasteiger partial charge is 0.123 e. The van der Waals surface area contributed by atoms with Gasteiger partial charge in [0.2, 0.25) is 0 Å². The van der Waals surface area contributed by atoms with Crippen molar-refractivity contribution >= 4 is 6.08 Å². The van der Waals surface area contributed by atoms with Gasteiger partial charge in [0.15, 0.2) is 0 Å². The van der Waals surface area contributed by atoms with Gasteiger partial charge in [-0.15, -0.1) is 0 Å². The van der Waals surface area contributed by atoms with Crippen LogP contribution < -0.4 is 4.74 Å². The van der Waals surface area contributed by atoms with Gasteiger partial charge < -0.3 is 4.74 Å². The highest BCUT2D eigenvalue weighted by Crippen LogP contribution is 2.23. The van der Waals surface area contributed by atoms with Crippen LogP contribution >= 0.6 is 0 Å². The van der Waals surface area contributed by atoms with Crippen molar-refractivity contribution in [3.63, 3.8) is 0 Å². The van der Waals surface area contributed by atoms with E-state index in [-0.39, 0.29) is 5.60 Å². The van der Waals surface area contributed by atoms with Crippen LogP contribution in [0.15, 0.2) is 24.8 Å². The summed E-state index contributed by atoms with van der Waals surface area (Å²) in [5, 5.41) is 0. The second-order valence-electron chi connectivity index (χ2n) is 4.44. The fraction of sp³-hybridized carbons (Fsp3) is 0.385. The van der Waals surface area contributed by atoms with E-state index in [0.29, 0.717) is 0 Å². The van der Waals surface area contributed by atoms with Crippen LogP contribution in [0.25, 0.3) is 6.08 Å². The van der Waals surface area contributed by atoms with Gasteiger partial charge in [0.05, 0.1) is 0 Å². The molecule has 0 spiro atoms. The van der Waals surface area contributed by atoms with E-state index in [9.17, 15) is 0 Å². The summed E-state index contributed by atoms with van der Waals surface area (Å²) >= 11 is 0. The van der Waals surface area contributed by atoms with Gasteiger partial charge in [-0.1, -0.05) is 18.7 Å². The lowest BCUT2D eigenvalue weighted by atomic mass is 10.1. The Morgan fingerprint density at radius 3 is 2.36 bits per heavy atom. The Labute approximate surface area is 86.4 Å². The SMILES string of the molecule is C=Cc1ccc(OC(C)(C)C)c(C)c1. The number of benzene rings is 1. The predicted octanol–water partition coefficient (Wildman–Crippen LogP) is 3.82. The number of hydrogen-bond acceptors (Lipinski definition) is 1. The molecule has 0 aromatic heterocycles. The van der Waals surface area contributed by atoms with Gasteiger partial charge in [0.1, 0.15) is 11.4 Å². The topological polar surface area (TPSA) is 9.23 Å². The van der Waals surface area contributed by atoms with Crippen LogP contribution in [0.3, 0.4) is 0 Å². The molecule has 1 rings (SSSR count). The Morgan fingerprint density at radius 1 is 1.29 bits per heavy atom. The summed E-state index contributed by atoms with van der Waals surface area (Å²) in [6, 6.07) is 6.09. The third-order valence-corrected chi connectivity index (χ3v) is 1.85. The Kier molecular flexibility index (Phi) is 3.00. The van der Waals surface area contributed by atoms with Crippen molar-refractivity contribution in [2.24, 2.45) is 0 Å². The molecule has 1 heteroatoms. The van der Waals surface area contributed by atoms with E-state index in [4.69, 9.17) is 4.74 Å². The monoisotopic (exact) mass is 190 g/mol. The molecule has 0 unspecified atom stereocenters. The number of rotatable bonds is 2. The maximum Gasteiger partial charge on any atom is 0.123 e. The zero-order valence-corrected chi connectivity index (χ0v) is 9.42. The molecule has 1 nitrogen and oxygen atoms in total. The van der Waals surface area contributed by atoms with Crippen molar-refractivity contribution in [2.45, 2.75) is 33.3 Å². The van der Waals surface area contributed by atoms with Crippen LogP contribution in [0, 0.1) is 6.92 Å². The summed E-state index contributed by atoms with van der Waals surface area (Å²) in [5.74, 6) is 0.947. The molecule has 0 fully saturated rings. The van der Waals surface area contributed by atoms with Gasteiger partial charge >= 0.3 is 0 Å². The highest BCUT2D eigenvalue weighted by Gasteiger charge is 2.12. The summed E-state index contributed by atoms with van der Waals surface area (Å²) < 4.78 is 5.80. The minimum Gasteiger partial charge on any atom is -0.488 e. The van der Waals surface area contributed by atoms with Gasteiger partial charge in [0.25, 0.3) is 0 Å². The Bertz CT molecular complexity index is 332. The average molecular weight is 190 g/mol. The molecule has 1 aromatic rings. The maximum atomic E-state index is 5.80. The van der Waals surface area contributed by atoms with Crippen molar-refractivity contribution in [2.75, 3.05) is 0 Å². The third-order valence-electron chi connectivity index (χ3n) is 1.85. The fourth-order valence-corrected chi connectivity index (χ4v) is 1.24. The molecule has 0 aliphatic carbocycles. The molecule has 0 radical (unpaired) electrons. The zero-order chi connectivity index (χ0) is 10.8. The first kappa shape index (κ1) is 10.8. The average Bonchev–Trinajstić information content (AvgIpc) is 2.06. The minimum atomic E-state index is -0.138. The predicted molar refractivity (Wildman–Crippen MR) is 61.7 cm³/mol. The lowest BCUT2D eigenvalue weighted by Crippen LogP contribution is -2.23. The van der Waals surface area contributed by atoms with Crippen molar-refractivity contribution in [1.29, 1.82) is 0 Å². The van der Waals surface area contributed by atoms with Crippen LogP contribution in [0.2, 0.25) is 0 Å². The molecule has 0 aliphatic heterocycles. The number of aryl methyl sites for hydroxylation is 1. The quantitative estimate of drug-likeness (QED) is 0.689. The molecule has 0 N–H and O–H groups in total. The molecule has 0 aliphatic rings. The van der Waals surface area contributed by atoms with Crippen LogP contribution in [0.5, 0.6) is 5.75 Å². The Morgan fingerprint density at radius 2 is 1.93 bits per heavy atom. The van der Waals surface area contributed by atoms with E-state index in [1.165, 1.54) is 0 Å². The normalized spacial score (nSPS) is 11.1. The molecule has 0 atom stereocenters. The second-order valence-corrected chi connectivity index (χ2v) is 4.44. The van der Waals surface area contributed by atoms with Crippen LogP contribution in [0.1, 0.15) is 31.9 Å². The van der Waals surface area contributed by atoms with Gasteiger partial charge in [-0.05, 0) is 51.0 Å². The summed E-state index contributed by atoms with van der Waals surface area (Å²) in [7, 11) is 0. The van der Waals surface area contributed by atoms with Crippen molar-refractivity contribution < 1.29 is 4.74 Å². The molecular weight excluding hydrogens is 172 g/mol. The molecule has 0 amide bonds. The third kappa shape index (κ3) is 2.91. The van der Waals surface area contributed by atoms with Gasteiger partial charge in [-0.3, -0.25) is 0 Å². The van der Waals surface area contributed by atoms with E-state index >= 15 is 0 Å². The summed E-state index contributed by atoms with van der Waals surface area (Å²) in [6.45, 7) is 11.9. The molecule has 76 valence electrons. The van der Waals surface area contributed by atoms with E-state index < -0.39 is 0 Å². The summed E-state index contributed by atoms with van der Waals surface area (Å²) in [5.41, 5.74) is 2.14. The standard InChI is InChI=1S/C13H18O/c1-6-11-7-8-12(10(2)9-11)14-13(3,4)5/h6-9H,1H2,2-5H3. The Balaban J connectivity index is 2.95. The maximum absolute atomic E-state index is 5.80. The van der Waals surface area contributed by atoms with E-state index in [2.05, 4.69) is 12.6 Å². The van der Waals surface area contributed by atoms with Crippen molar-refractivity contribution in [3.05, 3.63) is 35.9 Å². The number of hydrogen-bond donors (Lipinski definition) is 0. The lowest BCUT2D eigenvalue weighted by molar-refractivity contribution is 0.130.